The Morgan fingerprint density at radius 1 is 1.10 bits per heavy atom. The average molecular weight is 407 g/mol. The number of aryl methyl sites for hydroxylation is 2. The van der Waals surface area contributed by atoms with Gasteiger partial charge in [0, 0.05) is 17.8 Å². The molecule has 1 heterocycles. The van der Waals surface area contributed by atoms with Crippen molar-refractivity contribution in [1.82, 2.24) is 9.55 Å². The standard InChI is InChI=1S/C22H21N3O5/c1-4-25-19-9-8-16(11-18(19)23-13(2)21(25)28)22(29)30-12-20(27)24-17-7-5-6-15(10-17)14(3)26/h5-11H,4,12H2,1-3H3,(H,24,27). The van der Waals surface area contributed by atoms with Gasteiger partial charge in [-0.15, -0.1) is 0 Å². The fourth-order valence-electron chi connectivity index (χ4n) is 3.04. The van der Waals surface area contributed by atoms with Crippen LogP contribution in [0.3, 0.4) is 0 Å². The molecule has 0 unspecified atom stereocenters. The largest absolute Gasteiger partial charge is 0.452 e. The van der Waals surface area contributed by atoms with E-state index >= 15 is 0 Å². The SMILES string of the molecule is CCn1c(=O)c(C)nc2cc(C(=O)OCC(=O)Nc3cccc(C(C)=O)c3)ccc21. The molecule has 0 atom stereocenters. The predicted molar refractivity (Wildman–Crippen MR) is 112 cm³/mol. The van der Waals surface area contributed by atoms with Gasteiger partial charge in [0.25, 0.3) is 11.5 Å². The normalized spacial score (nSPS) is 10.6. The minimum Gasteiger partial charge on any atom is -0.452 e. The molecule has 0 saturated heterocycles. The predicted octanol–water partition coefficient (Wildman–Crippen LogP) is 2.72. The van der Waals surface area contributed by atoms with Crippen molar-refractivity contribution in [3.63, 3.8) is 0 Å². The number of aromatic nitrogens is 2. The zero-order chi connectivity index (χ0) is 21.8. The third-order valence-electron chi connectivity index (χ3n) is 4.55. The fourth-order valence-corrected chi connectivity index (χ4v) is 3.04. The molecule has 3 rings (SSSR count). The number of ketones is 1. The molecule has 154 valence electrons. The van der Waals surface area contributed by atoms with Gasteiger partial charge in [0.05, 0.1) is 16.6 Å². The van der Waals surface area contributed by atoms with Gasteiger partial charge in [0.2, 0.25) is 0 Å². The smallest absolute Gasteiger partial charge is 0.338 e. The molecule has 1 aromatic heterocycles. The number of hydrogen-bond donors (Lipinski definition) is 1. The number of anilines is 1. The Kier molecular flexibility index (Phi) is 6.06. The van der Waals surface area contributed by atoms with E-state index < -0.39 is 18.5 Å². The highest BCUT2D eigenvalue weighted by atomic mass is 16.5. The molecular formula is C22H21N3O5. The van der Waals surface area contributed by atoms with Crippen molar-refractivity contribution in [2.45, 2.75) is 27.3 Å². The van der Waals surface area contributed by atoms with Crippen LogP contribution in [-0.2, 0) is 16.1 Å². The minimum absolute atomic E-state index is 0.119. The molecule has 1 amide bonds. The van der Waals surface area contributed by atoms with Crippen LogP contribution in [0.5, 0.6) is 0 Å². The van der Waals surface area contributed by atoms with Gasteiger partial charge >= 0.3 is 5.97 Å². The third-order valence-corrected chi connectivity index (χ3v) is 4.55. The lowest BCUT2D eigenvalue weighted by molar-refractivity contribution is -0.119. The van der Waals surface area contributed by atoms with Gasteiger partial charge in [-0.1, -0.05) is 12.1 Å². The van der Waals surface area contributed by atoms with Crippen molar-refractivity contribution in [3.05, 3.63) is 69.6 Å². The van der Waals surface area contributed by atoms with Gasteiger partial charge in [-0.05, 0) is 51.1 Å². The molecule has 8 heteroatoms. The molecule has 0 aliphatic rings. The maximum atomic E-state index is 12.4. The lowest BCUT2D eigenvalue weighted by Gasteiger charge is -2.10. The highest BCUT2D eigenvalue weighted by Gasteiger charge is 2.14. The number of nitrogens with one attached hydrogen (secondary N) is 1. The number of amides is 1. The maximum absolute atomic E-state index is 12.4. The fraction of sp³-hybridized carbons (Fsp3) is 0.227. The van der Waals surface area contributed by atoms with Crippen LogP contribution >= 0.6 is 0 Å². The Balaban J connectivity index is 1.70. The van der Waals surface area contributed by atoms with Gasteiger partial charge in [0.15, 0.2) is 12.4 Å². The van der Waals surface area contributed by atoms with Gasteiger partial charge < -0.3 is 14.6 Å². The Labute approximate surface area is 172 Å². The highest BCUT2D eigenvalue weighted by Crippen LogP contribution is 2.15. The van der Waals surface area contributed by atoms with Crippen LogP contribution in [0.4, 0.5) is 5.69 Å². The first-order chi connectivity index (χ1) is 14.3. The molecule has 0 fully saturated rings. The first-order valence-electron chi connectivity index (χ1n) is 9.39. The summed E-state index contributed by atoms with van der Waals surface area (Å²) in [5.74, 6) is -1.33. The van der Waals surface area contributed by atoms with Gasteiger partial charge in [-0.2, -0.15) is 0 Å². The zero-order valence-corrected chi connectivity index (χ0v) is 16.9. The number of rotatable bonds is 6. The Morgan fingerprint density at radius 3 is 2.57 bits per heavy atom. The molecule has 3 aromatic rings. The molecule has 2 aromatic carbocycles. The summed E-state index contributed by atoms with van der Waals surface area (Å²) < 4.78 is 6.66. The topological polar surface area (TPSA) is 107 Å². The molecular weight excluding hydrogens is 386 g/mol. The third kappa shape index (κ3) is 4.43. The van der Waals surface area contributed by atoms with E-state index in [1.54, 1.807) is 41.8 Å². The summed E-state index contributed by atoms with van der Waals surface area (Å²) in [4.78, 5) is 52.3. The van der Waals surface area contributed by atoms with Crippen molar-refractivity contribution in [1.29, 1.82) is 0 Å². The van der Waals surface area contributed by atoms with Gasteiger partial charge in [0.1, 0.15) is 5.69 Å². The number of hydrogen-bond acceptors (Lipinski definition) is 6. The molecule has 0 bridgehead atoms. The molecule has 0 aliphatic carbocycles. The second kappa shape index (κ2) is 8.69. The van der Waals surface area contributed by atoms with E-state index in [4.69, 9.17) is 4.74 Å². The number of Topliss-reactive ketones (excluding diaryl/α,β-unsaturated/α-hetero) is 1. The van der Waals surface area contributed by atoms with Crippen LogP contribution in [0.1, 0.15) is 40.3 Å². The van der Waals surface area contributed by atoms with E-state index in [0.717, 1.165) is 0 Å². The number of carbonyl (C=O) groups is 3. The summed E-state index contributed by atoms with van der Waals surface area (Å²) in [5, 5.41) is 2.58. The van der Waals surface area contributed by atoms with Crippen LogP contribution in [-0.4, -0.2) is 33.8 Å². The van der Waals surface area contributed by atoms with Crippen molar-refractivity contribution in [2.75, 3.05) is 11.9 Å². The van der Waals surface area contributed by atoms with E-state index in [-0.39, 0.29) is 16.9 Å². The molecule has 1 N–H and O–H groups in total. The van der Waals surface area contributed by atoms with Gasteiger partial charge in [-0.3, -0.25) is 14.4 Å². The Hall–Kier alpha value is -3.81. The molecule has 0 radical (unpaired) electrons. The molecule has 8 nitrogen and oxygen atoms in total. The van der Waals surface area contributed by atoms with Crippen molar-refractivity contribution in [3.8, 4) is 0 Å². The quantitative estimate of drug-likeness (QED) is 0.497. The summed E-state index contributed by atoms with van der Waals surface area (Å²) in [6.07, 6.45) is 0. The Bertz CT molecular complexity index is 1210. The summed E-state index contributed by atoms with van der Waals surface area (Å²) in [7, 11) is 0. The van der Waals surface area contributed by atoms with E-state index in [9.17, 15) is 19.2 Å². The average Bonchev–Trinajstić information content (AvgIpc) is 2.72. The second-order valence-corrected chi connectivity index (χ2v) is 6.71. The van der Waals surface area contributed by atoms with Crippen LogP contribution in [0.15, 0.2) is 47.3 Å². The van der Waals surface area contributed by atoms with Crippen LogP contribution in [0.25, 0.3) is 11.0 Å². The summed E-state index contributed by atoms with van der Waals surface area (Å²) in [6.45, 7) is 4.90. The second-order valence-electron chi connectivity index (χ2n) is 6.71. The molecule has 30 heavy (non-hydrogen) atoms. The van der Waals surface area contributed by atoms with Crippen molar-refractivity contribution >= 4 is 34.4 Å². The number of benzene rings is 2. The molecule has 0 aliphatic heterocycles. The highest BCUT2D eigenvalue weighted by molar-refractivity contribution is 5.99. The number of esters is 1. The van der Waals surface area contributed by atoms with E-state index in [1.165, 1.54) is 19.1 Å². The van der Waals surface area contributed by atoms with Gasteiger partial charge in [-0.25, -0.2) is 9.78 Å². The molecule has 0 saturated carbocycles. The summed E-state index contributed by atoms with van der Waals surface area (Å²) in [5.41, 5.74) is 2.40. The Morgan fingerprint density at radius 2 is 1.87 bits per heavy atom. The van der Waals surface area contributed by atoms with Crippen LogP contribution < -0.4 is 10.9 Å². The first kappa shape index (κ1) is 20.9. The number of ether oxygens (including phenoxy) is 1. The van der Waals surface area contributed by atoms with Crippen LogP contribution in [0.2, 0.25) is 0 Å². The first-order valence-corrected chi connectivity index (χ1v) is 9.39. The number of nitrogens with zero attached hydrogens (tertiary/aromatic N) is 2. The lowest BCUT2D eigenvalue weighted by Crippen LogP contribution is -2.23. The van der Waals surface area contributed by atoms with Crippen molar-refractivity contribution < 1.29 is 19.1 Å². The van der Waals surface area contributed by atoms with E-state index in [1.807, 2.05) is 6.92 Å². The minimum atomic E-state index is -0.682. The number of carbonyl (C=O) groups excluding carboxylic acids is 3. The summed E-state index contributed by atoms with van der Waals surface area (Å²) in [6, 6.07) is 11.2. The maximum Gasteiger partial charge on any atom is 0.338 e. The van der Waals surface area contributed by atoms with Crippen LogP contribution in [0, 0.1) is 6.92 Å². The zero-order valence-electron chi connectivity index (χ0n) is 16.9. The molecule has 0 spiro atoms. The lowest BCUT2D eigenvalue weighted by atomic mass is 10.1. The monoisotopic (exact) mass is 407 g/mol. The summed E-state index contributed by atoms with van der Waals surface area (Å²) >= 11 is 0. The van der Waals surface area contributed by atoms with E-state index in [2.05, 4.69) is 10.3 Å². The number of fused-ring (bicyclic) bond motifs is 1. The van der Waals surface area contributed by atoms with E-state index in [0.29, 0.717) is 34.5 Å². The van der Waals surface area contributed by atoms with Crippen molar-refractivity contribution in [2.24, 2.45) is 0 Å².